The standard InChI is InChI=1S/C20H32N2O5/c1-2-3-4-5-8-11-14-19(21(24)25)16-17-20(22(26)27)15-12-9-6-7-10-13-18-23/h6,9,15-16,18H,2-5,7-8,10-14,17H2,1H3/b9-6+,19-16-,20-15-. The molecule has 0 atom stereocenters. The lowest BCUT2D eigenvalue weighted by Gasteiger charge is -2.01. The molecule has 27 heavy (non-hydrogen) atoms. The van der Waals surface area contributed by atoms with Gasteiger partial charge in [0.25, 0.3) is 0 Å². The summed E-state index contributed by atoms with van der Waals surface area (Å²) in [5, 5.41) is 22.3. The fraction of sp³-hybridized carbons (Fsp3) is 0.650. The molecule has 0 spiro atoms. The number of nitro groups is 2. The van der Waals surface area contributed by atoms with E-state index in [-0.39, 0.29) is 17.8 Å². The highest BCUT2D eigenvalue weighted by atomic mass is 16.6. The first-order valence-electron chi connectivity index (χ1n) is 9.78. The normalized spacial score (nSPS) is 12.5. The molecule has 0 unspecified atom stereocenters. The van der Waals surface area contributed by atoms with E-state index in [1.807, 2.05) is 12.2 Å². The second kappa shape index (κ2) is 17.1. The Bertz CT molecular complexity index is 538. The average Bonchev–Trinajstić information content (AvgIpc) is 2.63. The van der Waals surface area contributed by atoms with Crippen molar-refractivity contribution in [2.75, 3.05) is 0 Å². The second-order valence-corrected chi connectivity index (χ2v) is 6.43. The topological polar surface area (TPSA) is 103 Å². The fourth-order valence-electron chi connectivity index (χ4n) is 2.55. The Morgan fingerprint density at radius 3 is 2.11 bits per heavy atom. The highest BCUT2D eigenvalue weighted by Gasteiger charge is 2.14. The molecular weight excluding hydrogens is 348 g/mol. The van der Waals surface area contributed by atoms with Gasteiger partial charge in [0.2, 0.25) is 11.4 Å². The Balaban J connectivity index is 4.51. The van der Waals surface area contributed by atoms with Crippen LogP contribution in [0.3, 0.4) is 0 Å². The van der Waals surface area contributed by atoms with Crippen LogP contribution in [0.5, 0.6) is 0 Å². The van der Waals surface area contributed by atoms with Crippen molar-refractivity contribution in [3.63, 3.8) is 0 Å². The SMILES string of the molecule is CCCCCCCC/C(=C/C/C(=C/C/C=C/CCCC=O)[N+](=O)[O-])[N+](=O)[O-]. The summed E-state index contributed by atoms with van der Waals surface area (Å²) in [5.74, 6) is 0. The van der Waals surface area contributed by atoms with Gasteiger partial charge in [-0.15, -0.1) is 0 Å². The number of hydrogen-bond acceptors (Lipinski definition) is 5. The van der Waals surface area contributed by atoms with Crippen molar-refractivity contribution in [1.82, 2.24) is 0 Å². The predicted molar refractivity (Wildman–Crippen MR) is 106 cm³/mol. The van der Waals surface area contributed by atoms with Crippen molar-refractivity contribution in [1.29, 1.82) is 0 Å². The molecule has 0 bridgehead atoms. The van der Waals surface area contributed by atoms with Gasteiger partial charge in [-0.25, -0.2) is 0 Å². The van der Waals surface area contributed by atoms with Crippen LogP contribution in [0.15, 0.2) is 35.7 Å². The van der Waals surface area contributed by atoms with Gasteiger partial charge in [0.05, 0.1) is 16.3 Å². The molecule has 0 amide bonds. The summed E-state index contributed by atoms with van der Waals surface area (Å²) >= 11 is 0. The first-order chi connectivity index (χ1) is 13.0. The number of carbonyl (C=O) groups is 1. The van der Waals surface area contributed by atoms with Crippen LogP contribution in [0.4, 0.5) is 0 Å². The Hall–Kier alpha value is -2.31. The van der Waals surface area contributed by atoms with Crippen LogP contribution >= 0.6 is 0 Å². The Morgan fingerprint density at radius 2 is 1.48 bits per heavy atom. The number of carbonyl (C=O) groups excluding carboxylic acids is 1. The number of rotatable bonds is 17. The summed E-state index contributed by atoms with van der Waals surface area (Å²) in [6.45, 7) is 2.14. The van der Waals surface area contributed by atoms with Crippen LogP contribution < -0.4 is 0 Å². The molecule has 0 aromatic rings. The van der Waals surface area contributed by atoms with Gasteiger partial charge in [0, 0.05) is 12.8 Å². The van der Waals surface area contributed by atoms with Gasteiger partial charge in [0.1, 0.15) is 6.29 Å². The molecule has 0 saturated carbocycles. The Morgan fingerprint density at radius 1 is 0.815 bits per heavy atom. The molecule has 0 aliphatic rings. The summed E-state index contributed by atoms with van der Waals surface area (Å²) in [7, 11) is 0. The van der Waals surface area contributed by atoms with E-state index in [2.05, 4.69) is 6.92 Å². The minimum Gasteiger partial charge on any atom is -0.303 e. The van der Waals surface area contributed by atoms with Crippen molar-refractivity contribution >= 4 is 6.29 Å². The summed E-state index contributed by atoms with van der Waals surface area (Å²) in [4.78, 5) is 31.5. The summed E-state index contributed by atoms with van der Waals surface area (Å²) in [5.41, 5.74) is 0.0254. The highest BCUT2D eigenvalue weighted by Crippen LogP contribution is 2.15. The number of hydrogen-bond donors (Lipinski definition) is 0. The van der Waals surface area contributed by atoms with Crippen LogP contribution in [0.1, 0.15) is 84.0 Å². The fourth-order valence-corrected chi connectivity index (χ4v) is 2.55. The number of aldehydes is 1. The summed E-state index contributed by atoms with van der Waals surface area (Å²) in [6, 6.07) is 0. The van der Waals surface area contributed by atoms with Crippen LogP contribution in [0, 0.1) is 20.2 Å². The minimum atomic E-state index is -0.487. The van der Waals surface area contributed by atoms with Crippen LogP contribution in [-0.2, 0) is 4.79 Å². The average molecular weight is 380 g/mol. The molecule has 0 radical (unpaired) electrons. The van der Waals surface area contributed by atoms with Gasteiger partial charge in [-0.05, 0) is 37.8 Å². The zero-order chi connectivity index (χ0) is 20.3. The molecule has 7 nitrogen and oxygen atoms in total. The van der Waals surface area contributed by atoms with E-state index in [0.29, 0.717) is 19.3 Å². The first-order valence-corrected chi connectivity index (χ1v) is 9.78. The maximum absolute atomic E-state index is 11.1. The zero-order valence-corrected chi connectivity index (χ0v) is 16.3. The molecule has 0 aromatic carbocycles. The lowest BCUT2D eigenvalue weighted by atomic mass is 10.1. The maximum Gasteiger partial charge on any atom is 0.246 e. The molecule has 0 heterocycles. The third-order valence-corrected chi connectivity index (χ3v) is 4.15. The molecule has 0 N–H and O–H groups in total. The molecule has 0 fully saturated rings. The number of unbranched alkanes of at least 4 members (excludes halogenated alkanes) is 7. The predicted octanol–water partition coefficient (Wildman–Crippen LogP) is 5.76. The van der Waals surface area contributed by atoms with E-state index in [1.165, 1.54) is 18.6 Å². The highest BCUT2D eigenvalue weighted by molar-refractivity contribution is 5.49. The molecule has 7 heteroatoms. The van der Waals surface area contributed by atoms with Gasteiger partial charge in [-0.1, -0.05) is 51.2 Å². The van der Waals surface area contributed by atoms with Crippen LogP contribution in [0.25, 0.3) is 0 Å². The van der Waals surface area contributed by atoms with E-state index < -0.39 is 9.85 Å². The van der Waals surface area contributed by atoms with Crippen molar-refractivity contribution in [2.45, 2.75) is 84.0 Å². The van der Waals surface area contributed by atoms with E-state index in [0.717, 1.165) is 51.2 Å². The van der Waals surface area contributed by atoms with Gasteiger partial charge in [0.15, 0.2) is 0 Å². The smallest absolute Gasteiger partial charge is 0.246 e. The largest absolute Gasteiger partial charge is 0.303 e. The summed E-state index contributed by atoms with van der Waals surface area (Å²) < 4.78 is 0. The lowest BCUT2D eigenvalue weighted by molar-refractivity contribution is -0.432. The van der Waals surface area contributed by atoms with E-state index in [1.54, 1.807) is 0 Å². The van der Waals surface area contributed by atoms with Gasteiger partial charge >= 0.3 is 0 Å². The third kappa shape index (κ3) is 14.5. The van der Waals surface area contributed by atoms with Crippen LogP contribution in [0.2, 0.25) is 0 Å². The van der Waals surface area contributed by atoms with Crippen molar-refractivity contribution in [3.8, 4) is 0 Å². The maximum atomic E-state index is 11.1. The van der Waals surface area contributed by atoms with E-state index >= 15 is 0 Å². The molecule has 0 saturated heterocycles. The van der Waals surface area contributed by atoms with Crippen molar-refractivity contribution in [3.05, 3.63) is 55.9 Å². The van der Waals surface area contributed by atoms with E-state index in [4.69, 9.17) is 0 Å². The quantitative estimate of drug-likeness (QED) is 0.105. The molecule has 0 aliphatic heterocycles. The van der Waals surface area contributed by atoms with Crippen molar-refractivity contribution < 1.29 is 14.6 Å². The monoisotopic (exact) mass is 380 g/mol. The molecule has 0 aliphatic carbocycles. The Kier molecular flexibility index (Phi) is 15.7. The first kappa shape index (κ1) is 24.7. The minimum absolute atomic E-state index is 0.0326. The van der Waals surface area contributed by atoms with Gasteiger partial charge in [-0.3, -0.25) is 20.2 Å². The van der Waals surface area contributed by atoms with E-state index in [9.17, 15) is 25.0 Å². The van der Waals surface area contributed by atoms with Gasteiger partial charge < -0.3 is 4.79 Å². The molecule has 0 aromatic heterocycles. The lowest BCUT2D eigenvalue weighted by Crippen LogP contribution is -2.02. The number of nitrogens with zero attached hydrogens (tertiary/aromatic N) is 2. The van der Waals surface area contributed by atoms with Crippen LogP contribution in [-0.4, -0.2) is 16.1 Å². The second-order valence-electron chi connectivity index (χ2n) is 6.43. The third-order valence-electron chi connectivity index (χ3n) is 4.15. The summed E-state index contributed by atoms with van der Waals surface area (Å²) in [6.07, 6.45) is 16.4. The van der Waals surface area contributed by atoms with Gasteiger partial charge in [-0.2, -0.15) is 0 Å². The molecular formula is C20H32N2O5. The van der Waals surface area contributed by atoms with Crippen molar-refractivity contribution in [2.24, 2.45) is 0 Å². The number of allylic oxidation sites excluding steroid dienone is 5. The zero-order valence-electron chi connectivity index (χ0n) is 16.3. The molecule has 0 rings (SSSR count). The Labute approximate surface area is 161 Å². The molecule has 152 valence electrons.